The van der Waals surface area contributed by atoms with E-state index in [1.165, 1.54) is 5.56 Å². The molecule has 2 aromatic carbocycles. The van der Waals surface area contributed by atoms with Crippen LogP contribution in [-0.4, -0.2) is 11.8 Å². The van der Waals surface area contributed by atoms with E-state index in [1.807, 2.05) is 18.2 Å². The van der Waals surface area contributed by atoms with Crippen molar-refractivity contribution < 1.29 is 9.59 Å². The second-order valence-electron chi connectivity index (χ2n) is 6.36. The maximum Gasteiger partial charge on any atom is 0.251 e. The number of amides is 2. The lowest BCUT2D eigenvalue weighted by Gasteiger charge is -2.26. The predicted octanol–water partition coefficient (Wildman–Crippen LogP) is 3.42. The summed E-state index contributed by atoms with van der Waals surface area (Å²) in [5.74, 6) is -0.210. The molecule has 0 saturated heterocycles. The lowest BCUT2D eigenvalue weighted by atomic mass is 9.87. The van der Waals surface area contributed by atoms with Gasteiger partial charge in [0.25, 0.3) is 5.91 Å². The highest BCUT2D eigenvalue weighted by Gasteiger charge is 2.22. The molecule has 0 bridgehead atoms. The van der Waals surface area contributed by atoms with Gasteiger partial charge in [0, 0.05) is 23.4 Å². The predicted molar refractivity (Wildman–Crippen MR) is 99.4 cm³/mol. The van der Waals surface area contributed by atoms with Crippen LogP contribution in [0, 0.1) is 0 Å². The molecule has 1 aliphatic carbocycles. The van der Waals surface area contributed by atoms with E-state index in [2.05, 4.69) is 10.6 Å². The van der Waals surface area contributed by atoms with Crippen molar-refractivity contribution in [1.29, 1.82) is 0 Å². The van der Waals surface area contributed by atoms with Crippen molar-refractivity contribution in [2.75, 3.05) is 11.1 Å². The first-order valence-corrected chi connectivity index (χ1v) is 8.66. The normalized spacial score (nSPS) is 16.0. The van der Waals surface area contributed by atoms with E-state index in [4.69, 9.17) is 5.73 Å². The maximum absolute atomic E-state index is 12.6. The molecular formula is C20H23N3O2. The number of anilines is 2. The number of carbonyl (C=O) groups is 2. The first-order chi connectivity index (χ1) is 12.1. The van der Waals surface area contributed by atoms with E-state index in [-0.39, 0.29) is 17.9 Å². The Balaban J connectivity index is 1.75. The molecule has 1 unspecified atom stereocenters. The largest absolute Gasteiger partial charge is 0.399 e. The van der Waals surface area contributed by atoms with Crippen LogP contribution in [-0.2, 0) is 11.2 Å². The van der Waals surface area contributed by atoms with Gasteiger partial charge in [-0.25, -0.2) is 0 Å². The standard InChI is InChI=1S/C20H23N3O2/c1-2-19(24)22-16-7-3-6-14(12-16)20(25)23-18-8-4-5-13-11-15(21)9-10-17(13)18/h3,6-7,9-12,18H,2,4-5,8,21H2,1H3,(H,22,24)(H,23,25). The highest BCUT2D eigenvalue weighted by Crippen LogP contribution is 2.31. The van der Waals surface area contributed by atoms with Crippen molar-refractivity contribution in [3.63, 3.8) is 0 Å². The van der Waals surface area contributed by atoms with Gasteiger partial charge >= 0.3 is 0 Å². The number of hydrogen-bond acceptors (Lipinski definition) is 3. The zero-order valence-electron chi connectivity index (χ0n) is 14.3. The summed E-state index contributed by atoms with van der Waals surface area (Å²) in [6.45, 7) is 1.79. The molecule has 0 radical (unpaired) electrons. The molecule has 0 fully saturated rings. The molecule has 5 nitrogen and oxygen atoms in total. The SMILES string of the molecule is CCC(=O)Nc1cccc(C(=O)NC2CCCc3cc(N)ccc32)c1. The van der Waals surface area contributed by atoms with Crippen LogP contribution in [0.4, 0.5) is 11.4 Å². The topological polar surface area (TPSA) is 84.2 Å². The van der Waals surface area contributed by atoms with Crippen molar-refractivity contribution in [3.8, 4) is 0 Å². The van der Waals surface area contributed by atoms with Gasteiger partial charge in [-0.2, -0.15) is 0 Å². The number of fused-ring (bicyclic) bond motifs is 1. The molecule has 1 aliphatic rings. The van der Waals surface area contributed by atoms with E-state index in [9.17, 15) is 9.59 Å². The fraction of sp³-hybridized carbons (Fsp3) is 0.300. The third kappa shape index (κ3) is 3.99. The maximum atomic E-state index is 12.6. The zero-order valence-corrected chi connectivity index (χ0v) is 14.3. The summed E-state index contributed by atoms with van der Waals surface area (Å²) in [5, 5.41) is 5.89. The monoisotopic (exact) mass is 337 g/mol. The van der Waals surface area contributed by atoms with E-state index in [0.717, 1.165) is 30.5 Å². The average molecular weight is 337 g/mol. The first kappa shape index (κ1) is 17.0. The number of aryl methyl sites for hydroxylation is 1. The number of benzene rings is 2. The van der Waals surface area contributed by atoms with Gasteiger partial charge in [-0.15, -0.1) is 0 Å². The van der Waals surface area contributed by atoms with Crippen LogP contribution >= 0.6 is 0 Å². The third-order valence-corrected chi connectivity index (χ3v) is 4.52. The van der Waals surface area contributed by atoms with Crippen LogP contribution in [0.15, 0.2) is 42.5 Å². The van der Waals surface area contributed by atoms with Crippen LogP contribution in [0.3, 0.4) is 0 Å². The Hall–Kier alpha value is -2.82. The Labute approximate surface area is 147 Å². The van der Waals surface area contributed by atoms with Crippen LogP contribution in [0.1, 0.15) is 53.7 Å². The first-order valence-electron chi connectivity index (χ1n) is 8.66. The quantitative estimate of drug-likeness (QED) is 0.747. The molecule has 130 valence electrons. The summed E-state index contributed by atoms with van der Waals surface area (Å²) < 4.78 is 0. The molecule has 0 saturated carbocycles. The van der Waals surface area contributed by atoms with Gasteiger partial charge in [-0.3, -0.25) is 9.59 Å². The van der Waals surface area contributed by atoms with Crippen LogP contribution in [0.25, 0.3) is 0 Å². The van der Waals surface area contributed by atoms with Crippen molar-refractivity contribution >= 4 is 23.2 Å². The lowest BCUT2D eigenvalue weighted by molar-refractivity contribution is -0.115. The van der Waals surface area contributed by atoms with Crippen LogP contribution in [0.5, 0.6) is 0 Å². The summed E-state index contributed by atoms with van der Waals surface area (Å²) in [4.78, 5) is 24.2. The fourth-order valence-corrected chi connectivity index (χ4v) is 3.21. The summed E-state index contributed by atoms with van der Waals surface area (Å²) in [6, 6.07) is 12.9. The van der Waals surface area contributed by atoms with E-state index in [1.54, 1.807) is 31.2 Å². The Morgan fingerprint density at radius 1 is 1.20 bits per heavy atom. The van der Waals surface area contributed by atoms with E-state index < -0.39 is 0 Å². The molecule has 0 aliphatic heterocycles. The van der Waals surface area contributed by atoms with E-state index >= 15 is 0 Å². The number of hydrogen-bond donors (Lipinski definition) is 3. The molecule has 0 spiro atoms. The van der Waals surface area contributed by atoms with Crippen molar-refractivity contribution in [2.24, 2.45) is 0 Å². The molecular weight excluding hydrogens is 314 g/mol. The number of nitrogens with one attached hydrogen (secondary N) is 2. The highest BCUT2D eigenvalue weighted by molar-refractivity contribution is 5.97. The minimum absolute atomic E-state index is 0.00857. The Morgan fingerprint density at radius 2 is 2.04 bits per heavy atom. The zero-order chi connectivity index (χ0) is 17.8. The number of carbonyl (C=O) groups excluding carboxylic acids is 2. The van der Waals surface area contributed by atoms with Gasteiger partial charge in [0.1, 0.15) is 0 Å². The van der Waals surface area contributed by atoms with Gasteiger partial charge in [-0.1, -0.05) is 19.1 Å². The Bertz CT molecular complexity index is 801. The highest BCUT2D eigenvalue weighted by atomic mass is 16.2. The number of nitrogens with two attached hydrogens (primary N) is 1. The molecule has 0 heterocycles. The smallest absolute Gasteiger partial charge is 0.251 e. The lowest BCUT2D eigenvalue weighted by Crippen LogP contribution is -2.31. The minimum Gasteiger partial charge on any atom is -0.399 e. The summed E-state index contributed by atoms with van der Waals surface area (Å²) >= 11 is 0. The third-order valence-electron chi connectivity index (χ3n) is 4.52. The second-order valence-corrected chi connectivity index (χ2v) is 6.36. The molecule has 1 atom stereocenters. The molecule has 2 amide bonds. The molecule has 2 aromatic rings. The Kier molecular flexibility index (Phi) is 5.03. The molecule has 5 heteroatoms. The fourth-order valence-electron chi connectivity index (χ4n) is 3.21. The number of rotatable bonds is 4. The Morgan fingerprint density at radius 3 is 2.84 bits per heavy atom. The minimum atomic E-state index is -0.137. The average Bonchev–Trinajstić information content (AvgIpc) is 2.61. The molecule has 4 N–H and O–H groups in total. The summed E-state index contributed by atoms with van der Waals surface area (Å²) in [7, 11) is 0. The number of nitrogen functional groups attached to an aromatic ring is 1. The molecule has 0 aromatic heterocycles. The van der Waals surface area contributed by atoms with Gasteiger partial charge in [0.05, 0.1) is 6.04 Å². The van der Waals surface area contributed by atoms with Crippen LogP contribution < -0.4 is 16.4 Å². The molecule has 25 heavy (non-hydrogen) atoms. The van der Waals surface area contributed by atoms with E-state index in [0.29, 0.717) is 17.7 Å². The van der Waals surface area contributed by atoms with Crippen LogP contribution in [0.2, 0.25) is 0 Å². The summed E-state index contributed by atoms with van der Waals surface area (Å²) in [6.07, 6.45) is 3.33. The van der Waals surface area contributed by atoms with Gasteiger partial charge in [-0.05, 0) is 60.7 Å². The van der Waals surface area contributed by atoms with Gasteiger partial charge < -0.3 is 16.4 Å². The van der Waals surface area contributed by atoms with Gasteiger partial charge in [0.15, 0.2) is 0 Å². The summed E-state index contributed by atoms with van der Waals surface area (Å²) in [5.41, 5.74) is 10.1. The van der Waals surface area contributed by atoms with Crippen molar-refractivity contribution in [2.45, 2.75) is 38.6 Å². The van der Waals surface area contributed by atoms with Crippen molar-refractivity contribution in [1.82, 2.24) is 5.32 Å². The second kappa shape index (κ2) is 7.38. The molecule has 3 rings (SSSR count). The van der Waals surface area contributed by atoms with Gasteiger partial charge in [0.2, 0.25) is 5.91 Å². The van der Waals surface area contributed by atoms with Crippen molar-refractivity contribution in [3.05, 3.63) is 59.2 Å².